The Labute approximate surface area is 79.6 Å². The minimum Gasteiger partial charge on any atom is -0.495 e. The summed E-state index contributed by atoms with van der Waals surface area (Å²) in [6.45, 7) is 0. The zero-order chi connectivity index (χ0) is 9.84. The second-order valence-electron chi connectivity index (χ2n) is 2.23. The highest BCUT2D eigenvalue weighted by Crippen LogP contribution is 2.24. The molecule has 0 aromatic heterocycles. The van der Waals surface area contributed by atoms with E-state index in [0.29, 0.717) is 5.75 Å². The lowest BCUT2D eigenvalue weighted by molar-refractivity contribution is -0.182. The van der Waals surface area contributed by atoms with Crippen molar-refractivity contribution in [2.24, 2.45) is 0 Å². The summed E-state index contributed by atoms with van der Waals surface area (Å²) in [7, 11) is 1.46. The number of carbonyl (C=O) groups excluding carboxylic acids is 1. The topological polar surface area (TPSA) is 55.8 Å². The Hall–Kier alpha value is -1.26. The number of ether oxygens (including phenoxy) is 1. The van der Waals surface area contributed by atoms with Crippen molar-refractivity contribution < 1.29 is 19.7 Å². The highest BCUT2D eigenvalue weighted by atomic mass is 35.5. The average molecular weight is 203 g/mol. The number of carbonyl (C=O) groups is 1. The van der Waals surface area contributed by atoms with Gasteiger partial charge in [0.2, 0.25) is 0 Å². The van der Waals surface area contributed by atoms with Crippen LogP contribution in [0, 0.1) is 0 Å². The van der Waals surface area contributed by atoms with Crippen molar-refractivity contribution in [3.8, 4) is 5.75 Å². The maximum atomic E-state index is 10.8. The van der Waals surface area contributed by atoms with Gasteiger partial charge in [-0.1, -0.05) is 11.6 Å². The molecule has 0 amide bonds. The molecule has 1 aromatic carbocycles. The molecule has 0 bridgehead atoms. The lowest BCUT2D eigenvalue weighted by atomic mass is 10.2. The molecule has 5 heteroatoms. The van der Waals surface area contributed by atoms with E-state index in [-0.39, 0.29) is 10.6 Å². The third-order valence-corrected chi connectivity index (χ3v) is 1.77. The molecule has 0 fully saturated rings. The van der Waals surface area contributed by atoms with Gasteiger partial charge in [-0.3, -0.25) is 4.89 Å². The lowest BCUT2D eigenvalue weighted by Gasteiger charge is -2.03. The van der Waals surface area contributed by atoms with E-state index in [4.69, 9.17) is 21.6 Å². The summed E-state index contributed by atoms with van der Waals surface area (Å²) in [6.07, 6.45) is 0. The Bertz CT molecular complexity index is 324. The third-order valence-electron chi connectivity index (χ3n) is 1.47. The maximum absolute atomic E-state index is 10.8. The highest BCUT2D eigenvalue weighted by molar-refractivity contribution is 6.32. The van der Waals surface area contributed by atoms with E-state index >= 15 is 0 Å². The van der Waals surface area contributed by atoms with Crippen molar-refractivity contribution in [1.82, 2.24) is 0 Å². The first-order valence-corrected chi connectivity index (χ1v) is 3.76. The van der Waals surface area contributed by atoms with Crippen LogP contribution < -0.4 is 4.74 Å². The molecule has 0 atom stereocenters. The van der Waals surface area contributed by atoms with Gasteiger partial charge >= 0.3 is 5.97 Å². The van der Waals surface area contributed by atoms with E-state index in [9.17, 15) is 4.79 Å². The molecule has 0 radical (unpaired) electrons. The fourth-order valence-corrected chi connectivity index (χ4v) is 1.10. The van der Waals surface area contributed by atoms with Crippen LogP contribution in [0.1, 0.15) is 10.4 Å². The largest absolute Gasteiger partial charge is 0.495 e. The molecule has 0 saturated heterocycles. The molecular weight excluding hydrogens is 196 g/mol. The molecular formula is C8H7ClO4. The Morgan fingerprint density at radius 2 is 2.23 bits per heavy atom. The van der Waals surface area contributed by atoms with Crippen molar-refractivity contribution in [3.05, 3.63) is 28.8 Å². The summed E-state index contributed by atoms with van der Waals surface area (Å²) in [5, 5.41) is 8.36. The van der Waals surface area contributed by atoms with Gasteiger partial charge < -0.3 is 4.74 Å². The number of hydrogen-bond donors (Lipinski definition) is 1. The molecule has 1 rings (SSSR count). The second-order valence-corrected chi connectivity index (χ2v) is 2.64. The number of halogens is 1. The van der Waals surface area contributed by atoms with Crippen LogP contribution in [-0.2, 0) is 4.89 Å². The van der Waals surface area contributed by atoms with E-state index in [0.717, 1.165) is 0 Å². The minimum atomic E-state index is -0.857. The SMILES string of the molecule is COc1ccc(C(=O)OO)cc1Cl. The Morgan fingerprint density at radius 3 is 2.69 bits per heavy atom. The Balaban J connectivity index is 3.02. The molecule has 1 N–H and O–H groups in total. The van der Waals surface area contributed by atoms with Crippen molar-refractivity contribution in [1.29, 1.82) is 0 Å². The first-order chi connectivity index (χ1) is 6.19. The van der Waals surface area contributed by atoms with E-state index in [1.54, 1.807) is 0 Å². The van der Waals surface area contributed by atoms with E-state index in [2.05, 4.69) is 4.89 Å². The molecule has 70 valence electrons. The molecule has 0 spiro atoms. The Kier molecular flexibility index (Phi) is 3.11. The van der Waals surface area contributed by atoms with Crippen LogP contribution in [0.3, 0.4) is 0 Å². The van der Waals surface area contributed by atoms with Crippen LogP contribution in [0.5, 0.6) is 5.75 Å². The molecule has 0 unspecified atom stereocenters. The van der Waals surface area contributed by atoms with Gasteiger partial charge in [-0.05, 0) is 18.2 Å². The molecule has 0 aliphatic carbocycles. The van der Waals surface area contributed by atoms with Crippen molar-refractivity contribution in [2.45, 2.75) is 0 Å². The van der Waals surface area contributed by atoms with Gasteiger partial charge in [-0.15, -0.1) is 0 Å². The number of methoxy groups -OCH3 is 1. The average Bonchev–Trinajstić information content (AvgIpc) is 2.16. The standard InChI is InChI=1S/C8H7ClO4/c1-12-7-3-2-5(4-6(7)9)8(10)13-11/h2-4,11H,1H3. The molecule has 0 saturated carbocycles. The van der Waals surface area contributed by atoms with E-state index in [1.807, 2.05) is 0 Å². The monoisotopic (exact) mass is 202 g/mol. The van der Waals surface area contributed by atoms with Gasteiger partial charge in [0.15, 0.2) is 0 Å². The van der Waals surface area contributed by atoms with Crippen LogP contribution in [0.15, 0.2) is 18.2 Å². The smallest absolute Gasteiger partial charge is 0.372 e. The van der Waals surface area contributed by atoms with Crippen molar-refractivity contribution in [2.75, 3.05) is 7.11 Å². The van der Waals surface area contributed by atoms with Crippen LogP contribution in [0.2, 0.25) is 5.02 Å². The van der Waals surface area contributed by atoms with Gasteiger partial charge in [0, 0.05) is 0 Å². The zero-order valence-corrected chi connectivity index (χ0v) is 7.54. The summed E-state index contributed by atoms with van der Waals surface area (Å²) in [4.78, 5) is 14.3. The zero-order valence-electron chi connectivity index (χ0n) is 6.78. The van der Waals surface area contributed by atoms with Crippen molar-refractivity contribution in [3.63, 3.8) is 0 Å². The molecule has 0 aliphatic heterocycles. The summed E-state index contributed by atoms with van der Waals surface area (Å²) in [6, 6.07) is 4.29. The quantitative estimate of drug-likeness (QED) is 0.589. The Morgan fingerprint density at radius 1 is 1.54 bits per heavy atom. The molecule has 0 aliphatic rings. The van der Waals surface area contributed by atoms with Gasteiger partial charge in [0.1, 0.15) is 5.75 Å². The van der Waals surface area contributed by atoms with Crippen LogP contribution in [0.4, 0.5) is 0 Å². The van der Waals surface area contributed by atoms with E-state index in [1.165, 1.54) is 25.3 Å². The van der Waals surface area contributed by atoms with Gasteiger partial charge in [0.25, 0.3) is 0 Å². The highest BCUT2D eigenvalue weighted by Gasteiger charge is 2.09. The first kappa shape index (κ1) is 9.83. The fourth-order valence-electron chi connectivity index (χ4n) is 0.846. The lowest BCUT2D eigenvalue weighted by Crippen LogP contribution is -2.01. The normalized spacial score (nSPS) is 9.46. The van der Waals surface area contributed by atoms with Gasteiger partial charge in [-0.2, -0.15) is 5.26 Å². The number of hydrogen-bond acceptors (Lipinski definition) is 4. The predicted octanol–water partition coefficient (Wildman–Crippen LogP) is 1.98. The number of rotatable bonds is 2. The maximum Gasteiger partial charge on any atom is 0.372 e. The molecule has 13 heavy (non-hydrogen) atoms. The van der Waals surface area contributed by atoms with Gasteiger partial charge in [0.05, 0.1) is 17.7 Å². The predicted molar refractivity (Wildman–Crippen MR) is 46.0 cm³/mol. The summed E-state index contributed by atoms with van der Waals surface area (Å²) in [5.74, 6) is -0.402. The molecule has 0 heterocycles. The summed E-state index contributed by atoms with van der Waals surface area (Å²) >= 11 is 5.72. The van der Waals surface area contributed by atoms with Gasteiger partial charge in [-0.25, -0.2) is 4.79 Å². The third kappa shape index (κ3) is 2.11. The second kappa shape index (κ2) is 4.11. The van der Waals surface area contributed by atoms with Crippen LogP contribution in [0.25, 0.3) is 0 Å². The van der Waals surface area contributed by atoms with Crippen molar-refractivity contribution >= 4 is 17.6 Å². The minimum absolute atomic E-state index is 0.160. The van der Waals surface area contributed by atoms with E-state index < -0.39 is 5.97 Å². The fraction of sp³-hybridized carbons (Fsp3) is 0.125. The van der Waals surface area contributed by atoms with Crippen LogP contribution >= 0.6 is 11.6 Å². The number of benzene rings is 1. The summed E-state index contributed by atoms with van der Waals surface area (Å²) in [5.41, 5.74) is 0.160. The first-order valence-electron chi connectivity index (χ1n) is 3.38. The molecule has 1 aromatic rings. The molecule has 4 nitrogen and oxygen atoms in total. The van der Waals surface area contributed by atoms with Crippen LogP contribution in [-0.4, -0.2) is 18.3 Å². The summed E-state index contributed by atoms with van der Waals surface area (Å²) < 4.78 is 4.87.